The SMILES string of the molecule is CC.CCl.Cc1ccc(N)cc1. The summed E-state index contributed by atoms with van der Waals surface area (Å²) in [5, 5.41) is 0. The van der Waals surface area contributed by atoms with Gasteiger partial charge in [0, 0.05) is 12.1 Å². The first-order valence-electron chi connectivity index (χ1n) is 3.99. The van der Waals surface area contributed by atoms with Gasteiger partial charge in [-0.05, 0) is 19.1 Å². The maximum absolute atomic E-state index is 5.43. The van der Waals surface area contributed by atoms with Crippen molar-refractivity contribution in [3.63, 3.8) is 0 Å². The molecule has 0 unspecified atom stereocenters. The van der Waals surface area contributed by atoms with Crippen LogP contribution in [-0.2, 0) is 0 Å². The molecule has 0 heterocycles. The second-order valence-corrected chi connectivity index (χ2v) is 1.91. The lowest BCUT2D eigenvalue weighted by molar-refractivity contribution is 1.47. The fourth-order valence-electron chi connectivity index (χ4n) is 0.566. The summed E-state index contributed by atoms with van der Waals surface area (Å²) >= 11 is 4.64. The van der Waals surface area contributed by atoms with E-state index in [9.17, 15) is 0 Å². The van der Waals surface area contributed by atoms with Crippen LogP contribution >= 0.6 is 11.6 Å². The highest BCUT2D eigenvalue weighted by atomic mass is 35.5. The molecule has 0 spiro atoms. The Bertz CT molecular complexity index is 149. The summed E-state index contributed by atoms with van der Waals surface area (Å²) < 4.78 is 0. The molecule has 0 fully saturated rings. The van der Waals surface area contributed by atoms with Crippen LogP contribution in [0.3, 0.4) is 0 Å². The van der Waals surface area contributed by atoms with E-state index in [1.165, 1.54) is 11.9 Å². The van der Waals surface area contributed by atoms with Crippen molar-refractivity contribution >= 4 is 17.3 Å². The van der Waals surface area contributed by atoms with E-state index in [2.05, 4.69) is 11.6 Å². The molecule has 0 aliphatic heterocycles. The number of hydrogen-bond acceptors (Lipinski definition) is 1. The van der Waals surface area contributed by atoms with Crippen LogP contribution in [0.5, 0.6) is 0 Å². The van der Waals surface area contributed by atoms with Gasteiger partial charge in [-0.3, -0.25) is 0 Å². The second-order valence-electron chi connectivity index (χ2n) is 1.91. The smallest absolute Gasteiger partial charge is 0.0314 e. The summed E-state index contributed by atoms with van der Waals surface area (Å²) in [6.45, 7) is 6.04. The molecular formula is C10H18ClN. The van der Waals surface area contributed by atoms with Crippen molar-refractivity contribution in [1.82, 2.24) is 0 Å². The van der Waals surface area contributed by atoms with Crippen molar-refractivity contribution in [2.75, 3.05) is 12.1 Å². The minimum Gasteiger partial charge on any atom is -0.399 e. The van der Waals surface area contributed by atoms with E-state index in [0.717, 1.165) is 5.69 Å². The van der Waals surface area contributed by atoms with Gasteiger partial charge >= 0.3 is 0 Å². The average Bonchev–Trinajstić information content (AvgIpc) is 2.17. The summed E-state index contributed by atoms with van der Waals surface area (Å²) in [6.07, 6.45) is 1.47. The fourth-order valence-corrected chi connectivity index (χ4v) is 0.566. The van der Waals surface area contributed by atoms with Gasteiger partial charge in [-0.25, -0.2) is 0 Å². The summed E-state index contributed by atoms with van der Waals surface area (Å²) in [4.78, 5) is 0. The van der Waals surface area contributed by atoms with Gasteiger partial charge < -0.3 is 5.73 Å². The number of nitrogen functional groups attached to an aromatic ring is 1. The Kier molecular flexibility index (Phi) is 11.9. The van der Waals surface area contributed by atoms with Crippen molar-refractivity contribution < 1.29 is 0 Å². The van der Waals surface area contributed by atoms with Crippen LogP contribution in [0.25, 0.3) is 0 Å². The van der Waals surface area contributed by atoms with E-state index in [4.69, 9.17) is 5.73 Å². The largest absolute Gasteiger partial charge is 0.399 e. The van der Waals surface area contributed by atoms with Crippen LogP contribution in [-0.4, -0.2) is 6.38 Å². The third-order valence-electron chi connectivity index (χ3n) is 1.08. The molecule has 1 nitrogen and oxygen atoms in total. The molecule has 0 amide bonds. The first kappa shape index (κ1) is 13.9. The van der Waals surface area contributed by atoms with E-state index in [1.807, 2.05) is 45.0 Å². The molecule has 2 heteroatoms. The molecule has 0 aliphatic carbocycles. The minimum atomic E-state index is 0.829. The first-order chi connectivity index (χ1) is 5.79. The van der Waals surface area contributed by atoms with Crippen LogP contribution in [0.15, 0.2) is 24.3 Å². The Balaban J connectivity index is 0. The predicted molar refractivity (Wildman–Crippen MR) is 58.7 cm³/mol. The maximum atomic E-state index is 5.43. The molecule has 0 saturated heterocycles. The zero-order valence-electron chi connectivity index (χ0n) is 8.26. The summed E-state index contributed by atoms with van der Waals surface area (Å²) in [6, 6.07) is 7.79. The number of alkyl halides is 1. The zero-order chi connectivity index (χ0) is 9.98. The van der Waals surface area contributed by atoms with Crippen molar-refractivity contribution in [3.05, 3.63) is 29.8 Å². The fraction of sp³-hybridized carbons (Fsp3) is 0.400. The molecule has 0 radical (unpaired) electrons. The average molecular weight is 188 g/mol. The lowest BCUT2D eigenvalue weighted by atomic mass is 10.2. The Morgan fingerprint density at radius 2 is 1.33 bits per heavy atom. The molecule has 2 N–H and O–H groups in total. The summed E-state index contributed by atoms with van der Waals surface area (Å²) in [5.74, 6) is 0. The lowest BCUT2D eigenvalue weighted by Gasteiger charge is -1.90. The zero-order valence-corrected chi connectivity index (χ0v) is 9.02. The van der Waals surface area contributed by atoms with E-state index in [-0.39, 0.29) is 0 Å². The number of hydrogen-bond donors (Lipinski definition) is 1. The normalized spacial score (nSPS) is 7.08. The highest BCUT2D eigenvalue weighted by Gasteiger charge is 1.80. The van der Waals surface area contributed by atoms with E-state index in [1.54, 1.807) is 0 Å². The molecule has 0 bridgehead atoms. The van der Waals surface area contributed by atoms with Crippen LogP contribution in [0, 0.1) is 6.92 Å². The Labute approximate surface area is 80.5 Å². The Hall–Kier alpha value is -0.690. The predicted octanol–water partition coefficient (Wildman–Crippen LogP) is 3.46. The van der Waals surface area contributed by atoms with Crippen LogP contribution in [0.4, 0.5) is 5.69 Å². The molecule has 0 saturated carbocycles. The maximum Gasteiger partial charge on any atom is 0.0314 e. The van der Waals surface area contributed by atoms with Gasteiger partial charge in [0.1, 0.15) is 0 Å². The van der Waals surface area contributed by atoms with Crippen molar-refractivity contribution in [3.8, 4) is 0 Å². The highest BCUT2D eigenvalue weighted by molar-refractivity contribution is 6.15. The molecule has 12 heavy (non-hydrogen) atoms. The lowest BCUT2D eigenvalue weighted by Crippen LogP contribution is -1.81. The Morgan fingerprint density at radius 1 is 1.00 bits per heavy atom. The summed E-state index contributed by atoms with van der Waals surface area (Å²) in [5.41, 5.74) is 7.51. The molecule has 0 aromatic heterocycles. The number of anilines is 1. The van der Waals surface area contributed by atoms with E-state index >= 15 is 0 Å². The third-order valence-corrected chi connectivity index (χ3v) is 1.08. The molecular weight excluding hydrogens is 170 g/mol. The molecule has 0 atom stereocenters. The second kappa shape index (κ2) is 10.3. The van der Waals surface area contributed by atoms with Crippen LogP contribution in [0.1, 0.15) is 19.4 Å². The highest BCUT2D eigenvalue weighted by Crippen LogP contribution is 2.02. The topological polar surface area (TPSA) is 26.0 Å². The molecule has 70 valence electrons. The van der Waals surface area contributed by atoms with Gasteiger partial charge in [0.25, 0.3) is 0 Å². The number of benzene rings is 1. The molecule has 1 aromatic rings. The van der Waals surface area contributed by atoms with E-state index < -0.39 is 0 Å². The van der Waals surface area contributed by atoms with Crippen LogP contribution in [0.2, 0.25) is 0 Å². The standard InChI is InChI=1S/C7H9N.C2H6.CH3Cl/c1-6-2-4-7(8)5-3-6;2*1-2/h2-5H,8H2,1H3;1-2H3;1H3. The van der Waals surface area contributed by atoms with Crippen molar-refractivity contribution in [2.45, 2.75) is 20.8 Å². The first-order valence-corrected chi connectivity index (χ1v) is 4.74. The molecule has 1 aromatic carbocycles. The number of nitrogens with two attached hydrogens (primary N) is 1. The van der Waals surface area contributed by atoms with Gasteiger partial charge in [0.05, 0.1) is 0 Å². The van der Waals surface area contributed by atoms with Gasteiger partial charge in [0.2, 0.25) is 0 Å². The summed E-state index contributed by atoms with van der Waals surface area (Å²) in [7, 11) is 0. The number of aryl methyl sites for hydroxylation is 1. The van der Waals surface area contributed by atoms with Gasteiger partial charge in [-0.1, -0.05) is 31.5 Å². The Morgan fingerprint density at radius 3 is 1.58 bits per heavy atom. The molecule has 0 aliphatic rings. The van der Waals surface area contributed by atoms with Crippen LogP contribution < -0.4 is 5.73 Å². The minimum absolute atomic E-state index is 0.829. The molecule has 1 rings (SSSR count). The monoisotopic (exact) mass is 187 g/mol. The quantitative estimate of drug-likeness (QED) is 0.489. The van der Waals surface area contributed by atoms with Crippen molar-refractivity contribution in [1.29, 1.82) is 0 Å². The van der Waals surface area contributed by atoms with Gasteiger partial charge in [-0.15, -0.1) is 11.6 Å². The van der Waals surface area contributed by atoms with Gasteiger partial charge in [0.15, 0.2) is 0 Å². The van der Waals surface area contributed by atoms with Gasteiger partial charge in [-0.2, -0.15) is 0 Å². The van der Waals surface area contributed by atoms with Crippen molar-refractivity contribution in [2.24, 2.45) is 0 Å². The van der Waals surface area contributed by atoms with E-state index in [0.29, 0.717) is 0 Å². The third kappa shape index (κ3) is 7.42. The number of halogens is 1. The number of rotatable bonds is 0.